The minimum absolute atomic E-state index is 0.391. The molecular weight excluding hydrogens is 250 g/mol. The van der Waals surface area contributed by atoms with E-state index in [9.17, 15) is 0 Å². The van der Waals surface area contributed by atoms with E-state index in [0.717, 1.165) is 44.2 Å². The highest BCUT2D eigenvalue weighted by molar-refractivity contribution is 5.08. The first kappa shape index (κ1) is 13.9. The Morgan fingerprint density at radius 3 is 2.75 bits per heavy atom. The first-order chi connectivity index (χ1) is 9.72. The lowest BCUT2D eigenvalue weighted by Crippen LogP contribution is -2.57. The van der Waals surface area contributed by atoms with Crippen molar-refractivity contribution in [3.63, 3.8) is 0 Å². The largest absolute Gasteiger partial charge is 0.311 e. The maximum Gasteiger partial charge on any atom is 0.147 e. The Kier molecular flexibility index (Phi) is 4.29. The molecule has 110 valence electrons. The SMILES string of the molecule is CC(C)CNCc1ccnc(C2CN3CCN2CC3)n1. The quantitative estimate of drug-likeness (QED) is 0.865. The standard InChI is InChI=1S/C15H25N5/c1-12(2)9-16-10-13-3-4-17-15(18-13)14-11-19-5-7-20(14)8-6-19/h3-4,12,14,16H,5-11H2,1-2H3. The van der Waals surface area contributed by atoms with Gasteiger partial charge in [0, 0.05) is 45.5 Å². The summed E-state index contributed by atoms with van der Waals surface area (Å²) in [5.41, 5.74) is 1.10. The van der Waals surface area contributed by atoms with E-state index in [4.69, 9.17) is 4.98 Å². The zero-order valence-electron chi connectivity index (χ0n) is 12.5. The lowest BCUT2D eigenvalue weighted by atomic mass is 10.1. The molecule has 1 aromatic rings. The Labute approximate surface area is 121 Å². The zero-order valence-corrected chi connectivity index (χ0v) is 12.5. The molecule has 4 rings (SSSR count). The van der Waals surface area contributed by atoms with Gasteiger partial charge in [0.25, 0.3) is 0 Å². The van der Waals surface area contributed by atoms with Gasteiger partial charge in [-0.25, -0.2) is 9.97 Å². The van der Waals surface area contributed by atoms with Crippen molar-refractivity contribution >= 4 is 0 Å². The van der Waals surface area contributed by atoms with E-state index in [0.29, 0.717) is 12.0 Å². The Bertz CT molecular complexity index is 440. The van der Waals surface area contributed by atoms with E-state index in [-0.39, 0.29) is 0 Å². The third-order valence-corrected chi connectivity index (χ3v) is 4.17. The number of rotatable bonds is 5. The van der Waals surface area contributed by atoms with Gasteiger partial charge in [0.15, 0.2) is 0 Å². The van der Waals surface area contributed by atoms with Crippen molar-refractivity contribution in [3.8, 4) is 0 Å². The van der Waals surface area contributed by atoms with Gasteiger partial charge in [-0.1, -0.05) is 13.8 Å². The van der Waals surface area contributed by atoms with Crippen LogP contribution in [0.5, 0.6) is 0 Å². The number of fused-ring (bicyclic) bond motifs is 3. The van der Waals surface area contributed by atoms with Crippen LogP contribution in [0.15, 0.2) is 12.3 Å². The van der Waals surface area contributed by atoms with Crippen LogP contribution in [0.2, 0.25) is 0 Å². The molecule has 4 heterocycles. The number of nitrogens with zero attached hydrogens (tertiary/aromatic N) is 4. The molecule has 3 aliphatic rings. The van der Waals surface area contributed by atoms with Gasteiger partial charge in [-0.05, 0) is 18.5 Å². The fraction of sp³-hybridized carbons (Fsp3) is 0.733. The second-order valence-corrected chi connectivity index (χ2v) is 6.28. The van der Waals surface area contributed by atoms with Crippen LogP contribution < -0.4 is 5.32 Å². The molecule has 5 nitrogen and oxygen atoms in total. The van der Waals surface area contributed by atoms with Gasteiger partial charge < -0.3 is 5.32 Å². The topological polar surface area (TPSA) is 44.3 Å². The average molecular weight is 275 g/mol. The van der Waals surface area contributed by atoms with Gasteiger partial charge in [0.1, 0.15) is 5.82 Å². The Hall–Kier alpha value is -1.04. The smallest absolute Gasteiger partial charge is 0.147 e. The lowest BCUT2D eigenvalue weighted by molar-refractivity contribution is 0.00855. The molecule has 0 amide bonds. The second kappa shape index (κ2) is 6.16. The molecule has 2 bridgehead atoms. The van der Waals surface area contributed by atoms with Gasteiger partial charge in [-0.2, -0.15) is 0 Å². The Balaban J connectivity index is 1.65. The van der Waals surface area contributed by atoms with E-state index in [1.807, 2.05) is 12.3 Å². The Morgan fingerprint density at radius 2 is 2.10 bits per heavy atom. The highest BCUT2D eigenvalue weighted by Gasteiger charge is 2.34. The molecular formula is C15H25N5. The summed E-state index contributed by atoms with van der Waals surface area (Å²) in [4.78, 5) is 14.3. The highest BCUT2D eigenvalue weighted by atomic mass is 15.4. The van der Waals surface area contributed by atoms with Gasteiger partial charge in [-0.3, -0.25) is 9.80 Å². The summed E-state index contributed by atoms with van der Waals surface area (Å²) in [6, 6.07) is 2.41. The number of nitrogens with one attached hydrogen (secondary N) is 1. The maximum absolute atomic E-state index is 4.77. The minimum Gasteiger partial charge on any atom is -0.311 e. The maximum atomic E-state index is 4.77. The molecule has 0 spiro atoms. The summed E-state index contributed by atoms with van der Waals surface area (Å²) in [5, 5.41) is 3.45. The van der Waals surface area contributed by atoms with Crippen molar-refractivity contribution in [2.45, 2.75) is 26.4 Å². The van der Waals surface area contributed by atoms with Crippen molar-refractivity contribution in [2.24, 2.45) is 5.92 Å². The lowest BCUT2D eigenvalue weighted by Gasteiger charge is -2.46. The number of piperazine rings is 3. The first-order valence-electron chi connectivity index (χ1n) is 7.71. The summed E-state index contributed by atoms with van der Waals surface area (Å²) in [7, 11) is 0. The van der Waals surface area contributed by atoms with E-state index < -0.39 is 0 Å². The second-order valence-electron chi connectivity index (χ2n) is 6.28. The zero-order chi connectivity index (χ0) is 13.9. The summed E-state index contributed by atoms with van der Waals surface area (Å²) in [5.74, 6) is 1.67. The van der Waals surface area contributed by atoms with Gasteiger partial charge in [-0.15, -0.1) is 0 Å². The molecule has 20 heavy (non-hydrogen) atoms. The third-order valence-electron chi connectivity index (χ3n) is 4.17. The van der Waals surface area contributed by atoms with Crippen LogP contribution in [0.4, 0.5) is 0 Å². The molecule has 1 unspecified atom stereocenters. The van der Waals surface area contributed by atoms with Gasteiger partial charge >= 0.3 is 0 Å². The number of hydrogen-bond donors (Lipinski definition) is 1. The first-order valence-corrected chi connectivity index (χ1v) is 7.71. The van der Waals surface area contributed by atoms with Gasteiger partial charge in [0.2, 0.25) is 0 Å². The van der Waals surface area contributed by atoms with Crippen molar-refractivity contribution in [3.05, 3.63) is 23.8 Å². The monoisotopic (exact) mass is 275 g/mol. The molecule has 0 aliphatic carbocycles. The summed E-state index contributed by atoms with van der Waals surface area (Å²) >= 11 is 0. The van der Waals surface area contributed by atoms with Crippen LogP contribution in [0.1, 0.15) is 31.4 Å². The highest BCUT2D eigenvalue weighted by Crippen LogP contribution is 2.26. The fourth-order valence-electron chi connectivity index (χ4n) is 3.02. The summed E-state index contributed by atoms with van der Waals surface area (Å²) < 4.78 is 0. The fourth-order valence-corrected chi connectivity index (χ4v) is 3.02. The minimum atomic E-state index is 0.391. The predicted molar refractivity (Wildman–Crippen MR) is 79.3 cm³/mol. The molecule has 5 heteroatoms. The molecule has 3 fully saturated rings. The van der Waals surface area contributed by atoms with Crippen molar-refractivity contribution in [1.29, 1.82) is 0 Å². The Morgan fingerprint density at radius 1 is 1.30 bits per heavy atom. The van der Waals surface area contributed by atoms with Crippen LogP contribution in [0.25, 0.3) is 0 Å². The molecule has 0 saturated carbocycles. The molecule has 0 aromatic carbocycles. The van der Waals surface area contributed by atoms with Crippen LogP contribution in [0, 0.1) is 5.92 Å². The molecule has 3 aliphatic heterocycles. The van der Waals surface area contributed by atoms with Crippen LogP contribution in [-0.2, 0) is 6.54 Å². The van der Waals surface area contributed by atoms with Crippen molar-refractivity contribution < 1.29 is 0 Å². The molecule has 3 saturated heterocycles. The van der Waals surface area contributed by atoms with Crippen LogP contribution in [-0.4, -0.2) is 59.0 Å². The molecule has 0 radical (unpaired) electrons. The van der Waals surface area contributed by atoms with E-state index >= 15 is 0 Å². The van der Waals surface area contributed by atoms with Crippen molar-refractivity contribution in [2.75, 3.05) is 39.3 Å². The molecule has 1 aromatic heterocycles. The number of hydrogen-bond acceptors (Lipinski definition) is 5. The average Bonchev–Trinajstić information content (AvgIpc) is 2.48. The third kappa shape index (κ3) is 3.16. The van der Waals surface area contributed by atoms with E-state index in [2.05, 4.69) is 33.9 Å². The van der Waals surface area contributed by atoms with Gasteiger partial charge in [0.05, 0.1) is 11.7 Å². The van der Waals surface area contributed by atoms with Crippen molar-refractivity contribution in [1.82, 2.24) is 25.1 Å². The number of aromatic nitrogens is 2. The van der Waals surface area contributed by atoms with E-state index in [1.165, 1.54) is 13.1 Å². The normalized spacial score (nSPS) is 29.1. The van der Waals surface area contributed by atoms with Crippen LogP contribution >= 0.6 is 0 Å². The summed E-state index contributed by atoms with van der Waals surface area (Å²) in [6.45, 7) is 12.1. The van der Waals surface area contributed by atoms with Crippen LogP contribution in [0.3, 0.4) is 0 Å². The van der Waals surface area contributed by atoms with E-state index in [1.54, 1.807) is 0 Å². The predicted octanol–water partition coefficient (Wildman–Crippen LogP) is 0.895. The molecule has 1 N–H and O–H groups in total. The molecule has 1 atom stereocenters. The summed E-state index contributed by atoms with van der Waals surface area (Å²) in [6.07, 6.45) is 1.91.